The summed E-state index contributed by atoms with van der Waals surface area (Å²) in [5.74, 6) is 0.772. The summed E-state index contributed by atoms with van der Waals surface area (Å²) >= 11 is 0. The van der Waals surface area contributed by atoms with Crippen molar-refractivity contribution in [2.24, 2.45) is 5.73 Å². The van der Waals surface area contributed by atoms with Crippen molar-refractivity contribution in [3.8, 4) is 11.3 Å². The number of amidine groups is 1. The van der Waals surface area contributed by atoms with Crippen LogP contribution >= 0.6 is 0 Å². The van der Waals surface area contributed by atoms with Crippen LogP contribution in [0.15, 0.2) is 41.1 Å². The van der Waals surface area contributed by atoms with Crippen LogP contribution in [0.1, 0.15) is 5.56 Å². The monoisotopic (exact) mass is 187 g/mol. The first-order valence-corrected chi connectivity index (χ1v) is 4.13. The molecule has 0 saturated carbocycles. The lowest BCUT2D eigenvalue weighted by Crippen LogP contribution is -2.10. The summed E-state index contributed by atoms with van der Waals surface area (Å²) in [5.41, 5.74) is 6.96. The molecule has 0 radical (unpaired) electrons. The summed E-state index contributed by atoms with van der Waals surface area (Å²) in [5, 5.41) is 10.8. The lowest BCUT2D eigenvalue weighted by Gasteiger charge is -1.98. The first-order valence-electron chi connectivity index (χ1n) is 4.13. The van der Waals surface area contributed by atoms with Gasteiger partial charge in [0.05, 0.1) is 6.20 Å². The van der Waals surface area contributed by atoms with Gasteiger partial charge in [-0.2, -0.15) is 0 Å². The van der Waals surface area contributed by atoms with Gasteiger partial charge in [-0.05, 0) is 0 Å². The molecule has 1 aromatic heterocycles. The van der Waals surface area contributed by atoms with Gasteiger partial charge in [-0.25, -0.2) is 0 Å². The molecule has 2 aromatic rings. The van der Waals surface area contributed by atoms with Gasteiger partial charge in [0.15, 0.2) is 5.76 Å². The van der Waals surface area contributed by atoms with Crippen molar-refractivity contribution in [3.63, 3.8) is 0 Å². The van der Waals surface area contributed by atoms with E-state index in [1.54, 1.807) is 24.4 Å². The molecule has 0 fully saturated rings. The number of hydrogen-bond acceptors (Lipinski definition) is 3. The Morgan fingerprint density at radius 3 is 2.43 bits per heavy atom. The minimum absolute atomic E-state index is 0.0640. The number of rotatable bonds is 2. The van der Waals surface area contributed by atoms with E-state index < -0.39 is 0 Å². The number of nitrogens with two attached hydrogens (primary N) is 1. The van der Waals surface area contributed by atoms with Gasteiger partial charge in [-0.15, -0.1) is 0 Å². The quantitative estimate of drug-likeness (QED) is 0.554. The Morgan fingerprint density at radius 2 is 1.93 bits per heavy atom. The Labute approximate surface area is 80.8 Å². The van der Waals surface area contributed by atoms with Gasteiger partial charge in [0, 0.05) is 17.2 Å². The van der Waals surface area contributed by atoms with Crippen molar-refractivity contribution in [2.45, 2.75) is 0 Å². The molecule has 3 N–H and O–H groups in total. The van der Waals surface area contributed by atoms with Crippen molar-refractivity contribution < 1.29 is 4.52 Å². The third-order valence-electron chi connectivity index (χ3n) is 1.92. The van der Waals surface area contributed by atoms with Gasteiger partial charge in [0.1, 0.15) is 5.84 Å². The first kappa shape index (κ1) is 8.50. The fraction of sp³-hybridized carbons (Fsp3) is 0. The molecule has 14 heavy (non-hydrogen) atoms. The fourth-order valence-electron chi connectivity index (χ4n) is 1.18. The van der Waals surface area contributed by atoms with Crippen molar-refractivity contribution in [2.75, 3.05) is 0 Å². The lowest BCUT2D eigenvalue weighted by atomic mass is 10.1. The molecular weight excluding hydrogens is 178 g/mol. The highest BCUT2D eigenvalue weighted by Crippen LogP contribution is 2.18. The van der Waals surface area contributed by atoms with Crippen LogP contribution in [0.3, 0.4) is 0 Å². The van der Waals surface area contributed by atoms with Crippen molar-refractivity contribution >= 4 is 5.84 Å². The standard InChI is InChI=1S/C10H9N3O/c11-10(12)8-3-1-7(2-4-8)9-5-6-13-14-9/h1-6H,(H3,11,12). The number of nitrogens with one attached hydrogen (secondary N) is 1. The zero-order valence-electron chi connectivity index (χ0n) is 7.40. The molecule has 0 aliphatic carbocycles. The van der Waals surface area contributed by atoms with Crippen LogP contribution in [-0.2, 0) is 0 Å². The summed E-state index contributed by atoms with van der Waals surface area (Å²) in [6.07, 6.45) is 1.59. The van der Waals surface area contributed by atoms with Crippen LogP contribution in [0.2, 0.25) is 0 Å². The largest absolute Gasteiger partial charge is 0.384 e. The summed E-state index contributed by atoms with van der Waals surface area (Å²) in [7, 11) is 0. The number of hydrogen-bond donors (Lipinski definition) is 2. The molecule has 0 aliphatic rings. The molecule has 0 unspecified atom stereocenters. The summed E-state index contributed by atoms with van der Waals surface area (Å²) in [6, 6.07) is 9.03. The molecule has 0 atom stereocenters. The minimum atomic E-state index is 0.0640. The number of benzene rings is 1. The zero-order chi connectivity index (χ0) is 9.97. The number of aromatic nitrogens is 1. The van der Waals surface area contributed by atoms with E-state index >= 15 is 0 Å². The van der Waals surface area contributed by atoms with Gasteiger partial charge < -0.3 is 10.3 Å². The molecule has 0 bridgehead atoms. The molecule has 2 rings (SSSR count). The van der Waals surface area contributed by atoms with E-state index in [1.165, 1.54) is 0 Å². The highest BCUT2D eigenvalue weighted by molar-refractivity contribution is 5.95. The van der Waals surface area contributed by atoms with E-state index in [-0.39, 0.29) is 5.84 Å². The second kappa shape index (κ2) is 3.33. The van der Waals surface area contributed by atoms with Gasteiger partial charge in [-0.1, -0.05) is 29.4 Å². The van der Waals surface area contributed by atoms with Crippen LogP contribution in [0, 0.1) is 5.41 Å². The third-order valence-corrected chi connectivity index (χ3v) is 1.92. The second-order valence-electron chi connectivity index (χ2n) is 2.87. The lowest BCUT2D eigenvalue weighted by molar-refractivity contribution is 0.432. The Kier molecular flexibility index (Phi) is 2.02. The molecular formula is C10H9N3O. The Hall–Kier alpha value is -2.10. The molecule has 1 heterocycles. The number of nitrogens with zero attached hydrogens (tertiary/aromatic N) is 1. The van der Waals surface area contributed by atoms with Crippen LogP contribution < -0.4 is 5.73 Å². The predicted molar refractivity (Wildman–Crippen MR) is 53.0 cm³/mol. The summed E-state index contributed by atoms with van der Waals surface area (Å²) < 4.78 is 4.98. The molecule has 0 aliphatic heterocycles. The average Bonchev–Trinajstić information content (AvgIpc) is 2.71. The zero-order valence-corrected chi connectivity index (χ0v) is 7.40. The Balaban J connectivity index is 2.36. The van der Waals surface area contributed by atoms with E-state index in [1.807, 2.05) is 12.1 Å². The van der Waals surface area contributed by atoms with Crippen molar-refractivity contribution in [3.05, 3.63) is 42.1 Å². The van der Waals surface area contributed by atoms with Crippen LogP contribution in [-0.4, -0.2) is 11.0 Å². The topological polar surface area (TPSA) is 75.9 Å². The fourth-order valence-corrected chi connectivity index (χ4v) is 1.18. The van der Waals surface area contributed by atoms with E-state index in [0.29, 0.717) is 11.3 Å². The van der Waals surface area contributed by atoms with Crippen LogP contribution in [0.4, 0.5) is 0 Å². The average molecular weight is 187 g/mol. The minimum Gasteiger partial charge on any atom is -0.384 e. The Bertz CT molecular complexity index is 431. The molecule has 70 valence electrons. The smallest absolute Gasteiger partial charge is 0.166 e. The maximum atomic E-state index is 7.22. The maximum Gasteiger partial charge on any atom is 0.166 e. The molecule has 0 amide bonds. The van der Waals surface area contributed by atoms with Gasteiger partial charge >= 0.3 is 0 Å². The van der Waals surface area contributed by atoms with Gasteiger partial charge in [0.2, 0.25) is 0 Å². The molecule has 4 nitrogen and oxygen atoms in total. The van der Waals surface area contributed by atoms with E-state index in [0.717, 1.165) is 5.56 Å². The van der Waals surface area contributed by atoms with Crippen molar-refractivity contribution in [1.29, 1.82) is 5.41 Å². The molecule has 0 saturated heterocycles. The SMILES string of the molecule is N=C(N)c1ccc(-c2ccno2)cc1. The Morgan fingerprint density at radius 1 is 1.21 bits per heavy atom. The third kappa shape index (κ3) is 1.50. The van der Waals surface area contributed by atoms with Gasteiger partial charge in [-0.3, -0.25) is 5.41 Å². The van der Waals surface area contributed by atoms with Crippen LogP contribution in [0.5, 0.6) is 0 Å². The van der Waals surface area contributed by atoms with Crippen LogP contribution in [0.25, 0.3) is 11.3 Å². The normalized spacial score (nSPS) is 10.0. The maximum absolute atomic E-state index is 7.22. The van der Waals surface area contributed by atoms with Crippen molar-refractivity contribution in [1.82, 2.24) is 5.16 Å². The van der Waals surface area contributed by atoms with E-state index in [4.69, 9.17) is 15.7 Å². The summed E-state index contributed by atoms with van der Waals surface area (Å²) in [4.78, 5) is 0. The predicted octanol–water partition coefficient (Wildman–Crippen LogP) is 1.63. The highest BCUT2D eigenvalue weighted by Gasteiger charge is 2.01. The molecule has 1 aromatic carbocycles. The first-order chi connectivity index (χ1) is 6.77. The molecule has 4 heteroatoms. The number of nitrogen functional groups attached to an aromatic ring is 1. The van der Waals surface area contributed by atoms with Gasteiger partial charge in [0.25, 0.3) is 0 Å². The highest BCUT2D eigenvalue weighted by atomic mass is 16.5. The van der Waals surface area contributed by atoms with E-state index in [9.17, 15) is 0 Å². The second-order valence-corrected chi connectivity index (χ2v) is 2.87. The molecule has 0 spiro atoms. The van der Waals surface area contributed by atoms with E-state index in [2.05, 4.69) is 5.16 Å². The summed E-state index contributed by atoms with van der Waals surface area (Å²) in [6.45, 7) is 0.